The smallest absolute Gasteiger partial charge is 0.211 e. The quantitative estimate of drug-likeness (QED) is 0.306. The number of rotatable bonds is 8. The van der Waals surface area contributed by atoms with Gasteiger partial charge in [-0.2, -0.15) is 4.89 Å². The molecule has 0 bridgehead atoms. The maximum Gasteiger partial charge on any atom is 0.211 e. The molecule has 0 aromatic heterocycles. The second-order valence-corrected chi connectivity index (χ2v) is 4.90. The monoisotopic (exact) mass is 318 g/mol. The third-order valence-corrected chi connectivity index (χ3v) is 3.21. The number of Topliss-reactive ketones (excluding diaryl/α,β-unsaturated/α-hetero) is 1. The van der Waals surface area contributed by atoms with Crippen LogP contribution in [0, 0.1) is 0 Å². The Balaban J connectivity index is 1.90. The molecular formula is C17H18O6. The van der Waals surface area contributed by atoms with E-state index in [9.17, 15) is 4.79 Å². The molecule has 2 aliphatic carbocycles. The van der Waals surface area contributed by atoms with Crippen molar-refractivity contribution in [1.82, 2.24) is 0 Å². The van der Waals surface area contributed by atoms with Crippen molar-refractivity contribution in [3.05, 3.63) is 64.7 Å². The lowest BCUT2D eigenvalue weighted by Crippen LogP contribution is -2.19. The van der Waals surface area contributed by atoms with Crippen molar-refractivity contribution in [3.63, 3.8) is 0 Å². The fourth-order valence-electron chi connectivity index (χ4n) is 1.87. The Labute approximate surface area is 133 Å². The highest BCUT2D eigenvalue weighted by Crippen LogP contribution is 2.21. The van der Waals surface area contributed by atoms with Gasteiger partial charge in [-0.05, 0) is 36.1 Å². The maximum absolute atomic E-state index is 12.3. The van der Waals surface area contributed by atoms with E-state index in [-0.39, 0.29) is 18.1 Å². The Morgan fingerprint density at radius 2 is 2.22 bits per heavy atom. The van der Waals surface area contributed by atoms with E-state index in [0.29, 0.717) is 11.1 Å². The van der Waals surface area contributed by atoms with Crippen LogP contribution in [0.1, 0.15) is 13.3 Å². The first-order valence-corrected chi connectivity index (χ1v) is 7.16. The van der Waals surface area contributed by atoms with E-state index in [1.165, 1.54) is 6.08 Å². The first kappa shape index (κ1) is 17.1. The summed E-state index contributed by atoms with van der Waals surface area (Å²) in [6, 6.07) is 0. The normalized spacial score (nSPS) is 19.4. The summed E-state index contributed by atoms with van der Waals surface area (Å²) in [5.74, 6) is 0.0317. The zero-order valence-corrected chi connectivity index (χ0v) is 12.7. The van der Waals surface area contributed by atoms with Crippen LogP contribution < -0.4 is 0 Å². The van der Waals surface area contributed by atoms with Gasteiger partial charge in [0, 0.05) is 5.57 Å². The molecule has 6 nitrogen and oxygen atoms in total. The molecule has 2 aliphatic rings. The lowest BCUT2D eigenvalue weighted by Gasteiger charge is -2.07. The van der Waals surface area contributed by atoms with Gasteiger partial charge in [0.1, 0.15) is 12.7 Å². The van der Waals surface area contributed by atoms with Crippen molar-refractivity contribution >= 4 is 5.78 Å². The van der Waals surface area contributed by atoms with Gasteiger partial charge in [-0.3, -0.25) is 9.68 Å². The molecule has 2 N–H and O–H groups in total. The molecule has 122 valence electrons. The van der Waals surface area contributed by atoms with Crippen LogP contribution in [0.4, 0.5) is 0 Å². The fourth-order valence-corrected chi connectivity index (χ4v) is 1.87. The first-order valence-electron chi connectivity index (χ1n) is 7.16. The van der Waals surface area contributed by atoms with Crippen LogP contribution in [0.2, 0.25) is 0 Å². The molecule has 23 heavy (non-hydrogen) atoms. The highest BCUT2D eigenvalue weighted by atomic mass is 17.5. The Hall–Kier alpha value is -2.21. The van der Waals surface area contributed by atoms with Gasteiger partial charge in [0.25, 0.3) is 0 Å². The molecule has 0 saturated heterocycles. The number of hydrogen-bond donors (Lipinski definition) is 2. The van der Waals surface area contributed by atoms with E-state index >= 15 is 0 Å². The summed E-state index contributed by atoms with van der Waals surface area (Å²) < 4.78 is 0. The molecule has 0 amide bonds. The summed E-state index contributed by atoms with van der Waals surface area (Å²) in [6.07, 6.45) is 10.3. The zero-order chi connectivity index (χ0) is 16.7. The lowest BCUT2D eigenvalue weighted by molar-refractivity contribution is -0.497. The Kier molecular flexibility index (Phi) is 6.29. The lowest BCUT2D eigenvalue weighted by atomic mass is 9.96. The van der Waals surface area contributed by atoms with Crippen LogP contribution in [-0.2, 0) is 19.6 Å². The molecule has 0 aromatic rings. The molecule has 2 rings (SSSR count). The van der Waals surface area contributed by atoms with E-state index in [2.05, 4.69) is 15.7 Å². The molecule has 0 fully saturated rings. The minimum atomic E-state index is -1.05. The maximum atomic E-state index is 12.3. The molecule has 1 unspecified atom stereocenters. The third-order valence-electron chi connectivity index (χ3n) is 3.21. The van der Waals surface area contributed by atoms with Crippen LogP contribution in [0.25, 0.3) is 0 Å². The largest absolute Gasteiger partial charge is 0.394 e. The van der Waals surface area contributed by atoms with E-state index in [1.807, 2.05) is 25.2 Å². The predicted molar refractivity (Wildman–Crippen MR) is 81.5 cm³/mol. The van der Waals surface area contributed by atoms with Crippen molar-refractivity contribution in [1.29, 1.82) is 0 Å². The average molecular weight is 318 g/mol. The summed E-state index contributed by atoms with van der Waals surface area (Å²) >= 11 is 0. The van der Waals surface area contributed by atoms with Gasteiger partial charge in [0.2, 0.25) is 11.5 Å². The van der Waals surface area contributed by atoms with Gasteiger partial charge < -0.3 is 10.2 Å². The number of ketones is 1. The topological polar surface area (TPSA) is 85.2 Å². The summed E-state index contributed by atoms with van der Waals surface area (Å²) in [5, 5.41) is 22.0. The van der Waals surface area contributed by atoms with E-state index in [1.54, 1.807) is 12.2 Å². The Bertz CT molecular complexity index is 644. The highest BCUT2D eigenvalue weighted by Gasteiger charge is 2.16. The van der Waals surface area contributed by atoms with E-state index in [0.717, 1.165) is 12.0 Å². The number of aliphatic hydroxyl groups excluding tert-OH is 2. The average Bonchev–Trinajstić information content (AvgIpc) is 3.06. The van der Waals surface area contributed by atoms with Gasteiger partial charge in [0.05, 0.1) is 12.2 Å². The second-order valence-electron chi connectivity index (χ2n) is 4.90. The molecule has 0 aromatic carbocycles. The number of allylic oxidation sites excluding steroid dienone is 8. The molecule has 0 heterocycles. The summed E-state index contributed by atoms with van der Waals surface area (Å²) in [4.78, 5) is 21.6. The van der Waals surface area contributed by atoms with Crippen molar-refractivity contribution in [2.45, 2.75) is 19.4 Å². The first-order chi connectivity index (χ1) is 11.1. The zero-order valence-electron chi connectivity index (χ0n) is 12.7. The number of hydrogen-bond acceptors (Lipinski definition) is 6. The minimum absolute atomic E-state index is 0.150. The standard InChI is InChI=1S/C17H18O6/c1-2-12-3-5-13(6-4-12)17(20)14-7-8-16(9-14)22-23-21-11-15(19)10-18/h2-3,5-8,15,18-19H,4,10-11H2,1H3. The van der Waals surface area contributed by atoms with Gasteiger partial charge in [-0.25, -0.2) is 0 Å². The molecule has 0 radical (unpaired) electrons. The van der Waals surface area contributed by atoms with Gasteiger partial charge in [0.15, 0.2) is 0 Å². The van der Waals surface area contributed by atoms with Crippen molar-refractivity contribution in [3.8, 4) is 0 Å². The van der Waals surface area contributed by atoms with Crippen LogP contribution in [-0.4, -0.2) is 35.3 Å². The SMILES string of the molecule is CC=C1C=CC(C(=O)C2=C=C(OOOCC(O)CO)C=C2)=CC1. The summed E-state index contributed by atoms with van der Waals surface area (Å²) in [6.45, 7) is 1.27. The van der Waals surface area contributed by atoms with Crippen molar-refractivity contribution < 1.29 is 29.8 Å². The number of carbonyl (C=O) groups is 1. The van der Waals surface area contributed by atoms with Crippen LogP contribution in [0.15, 0.2) is 64.7 Å². The van der Waals surface area contributed by atoms with E-state index < -0.39 is 12.7 Å². The molecule has 0 aliphatic heterocycles. The van der Waals surface area contributed by atoms with Crippen molar-refractivity contribution in [2.24, 2.45) is 0 Å². The molecule has 6 heteroatoms. The van der Waals surface area contributed by atoms with Crippen molar-refractivity contribution in [2.75, 3.05) is 13.2 Å². The van der Waals surface area contributed by atoms with Crippen LogP contribution in [0.5, 0.6) is 0 Å². The highest BCUT2D eigenvalue weighted by molar-refractivity contribution is 6.12. The number of aliphatic hydroxyl groups is 2. The van der Waals surface area contributed by atoms with Crippen LogP contribution >= 0.6 is 0 Å². The fraction of sp³-hybridized carbons (Fsp3) is 0.294. The summed E-state index contributed by atoms with van der Waals surface area (Å²) in [5.41, 5.74) is 4.88. The predicted octanol–water partition coefficient (Wildman–Crippen LogP) is 1.60. The second kappa shape index (κ2) is 8.43. The van der Waals surface area contributed by atoms with Crippen LogP contribution in [0.3, 0.4) is 0 Å². The summed E-state index contributed by atoms with van der Waals surface area (Å²) in [7, 11) is 0. The van der Waals surface area contributed by atoms with E-state index in [4.69, 9.17) is 15.1 Å². The molecule has 0 saturated carbocycles. The van der Waals surface area contributed by atoms with Gasteiger partial charge in [-0.1, -0.05) is 30.0 Å². The Morgan fingerprint density at radius 3 is 2.87 bits per heavy atom. The van der Waals surface area contributed by atoms with Gasteiger partial charge in [-0.15, -0.1) is 0 Å². The van der Waals surface area contributed by atoms with Gasteiger partial charge >= 0.3 is 0 Å². The third kappa shape index (κ3) is 4.89. The molecule has 0 spiro atoms. The Morgan fingerprint density at radius 1 is 1.39 bits per heavy atom. The molecular weight excluding hydrogens is 300 g/mol. The number of carbonyl (C=O) groups excluding carboxylic acids is 1. The molecule has 1 atom stereocenters. The minimum Gasteiger partial charge on any atom is -0.394 e.